The van der Waals surface area contributed by atoms with Gasteiger partial charge in [-0.3, -0.25) is 4.79 Å². The third kappa shape index (κ3) is 4.32. The highest BCUT2D eigenvalue weighted by Crippen LogP contribution is 2.43. The average Bonchev–Trinajstić information content (AvgIpc) is 3.20. The molecule has 0 aliphatic carbocycles. The maximum absolute atomic E-state index is 13.1. The van der Waals surface area contributed by atoms with E-state index in [1.54, 1.807) is 23.1 Å². The highest BCUT2D eigenvalue weighted by Gasteiger charge is 2.39. The van der Waals surface area contributed by atoms with Crippen molar-refractivity contribution in [3.63, 3.8) is 0 Å². The molecular weight excluding hydrogens is 374 g/mol. The van der Waals surface area contributed by atoms with E-state index in [1.165, 1.54) is 0 Å². The number of nitrogens with one attached hydrogen (secondary N) is 1. The highest BCUT2D eigenvalue weighted by molar-refractivity contribution is 8.14. The molecule has 138 valence electrons. The number of thioether (sulfide) groups is 1. The first-order valence-electron chi connectivity index (χ1n) is 8.87. The number of rotatable bonds is 5. The van der Waals surface area contributed by atoms with E-state index >= 15 is 0 Å². The van der Waals surface area contributed by atoms with Gasteiger partial charge >= 0.3 is 0 Å². The number of benzene rings is 1. The number of allylic oxidation sites excluding steroid dienone is 1. The summed E-state index contributed by atoms with van der Waals surface area (Å²) in [4.78, 5) is 18.8. The first-order valence-corrected chi connectivity index (χ1v) is 10.7. The Hall–Kier alpha value is -2.36. The van der Waals surface area contributed by atoms with Crippen molar-refractivity contribution in [1.82, 2.24) is 0 Å². The van der Waals surface area contributed by atoms with E-state index in [0.717, 1.165) is 27.8 Å². The lowest BCUT2D eigenvalue weighted by molar-refractivity contribution is -0.113. The third-order valence-electron chi connectivity index (χ3n) is 4.30. The van der Waals surface area contributed by atoms with Crippen LogP contribution in [0.4, 0.5) is 5.69 Å². The summed E-state index contributed by atoms with van der Waals surface area (Å²) >= 11 is 3.19. The molecule has 1 unspecified atom stereocenters. The summed E-state index contributed by atoms with van der Waals surface area (Å²) in [6.45, 7) is 3.97. The lowest BCUT2D eigenvalue weighted by Gasteiger charge is -2.29. The van der Waals surface area contributed by atoms with Crippen LogP contribution in [0.15, 0.2) is 64.1 Å². The molecule has 3 rings (SSSR count). The predicted molar refractivity (Wildman–Crippen MR) is 114 cm³/mol. The summed E-state index contributed by atoms with van der Waals surface area (Å²) in [7, 11) is 0. The Morgan fingerprint density at radius 1 is 1.30 bits per heavy atom. The number of hydrogen-bond acceptors (Lipinski definition) is 5. The fourth-order valence-corrected chi connectivity index (χ4v) is 4.94. The summed E-state index contributed by atoms with van der Waals surface area (Å²) in [5.74, 6) is -0.0240. The van der Waals surface area contributed by atoms with Gasteiger partial charge in [-0.15, -0.1) is 23.1 Å². The average molecular weight is 396 g/mol. The van der Waals surface area contributed by atoms with E-state index in [9.17, 15) is 10.1 Å². The Balaban J connectivity index is 2.02. The van der Waals surface area contributed by atoms with E-state index in [-0.39, 0.29) is 11.8 Å². The Morgan fingerprint density at radius 3 is 2.70 bits per heavy atom. The topological polar surface area (TPSA) is 65.2 Å². The zero-order chi connectivity index (χ0) is 19.2. The molecule has 0 spiro atoms. The van der Waals surface area contributed by atoms with Gasteiger partial charge in [-0.2, -0.15) is 5.26 Å². The summed E-state index contributed by atoms with van der Waals surface area (Å²) in [6.07, 6.45) is 1.01. The number of thiophene rings is 1. The molecule has 4 nitrogen and oxygen atoms in total. The number of para-hydroxylation sites is 1. The first-order chi connectivity index (χ1) is 13.2. The number of hydrogen-bond donors (Lipinski definition) is 1. The van der Waals surface area contributed by atoms with E-state index in [0.29, 0.717) is 11.3 Å². The molecular formula is C21H21N3OS2. The van der Waals surface area contributed by atoms with Gasteiger partial charge in [-0.25, -0.2) is 4.99 Å². The van der Waals surface area contributed by atoms with Gasteiger partial charge in [0.15, 0.2) is 0 Å². The Bertz CT molecular complexity index is 895. The third-order valence-corrected chi connectivity index (χ3v) is 6.51. The summed E-state index contributed by atoms with van der Waals surface area (Å²) < 4.78 is 0. The minimum atomic E-state index is -0.444. The normalized spacial score (nSPS) is 19.4. The number of aliphatic imine (C=N–C) groups is 1. The molecule has 0 fully saturated rings. The van der Waals surface area contributed by atoms with Crippen LogP contribution in [-0.4, -0.2) is 16.7 Å². The number of amides is 1. The molecule has 1 aliphatic heterocycles. The van der Waals surface area contributed by atoms with Crippen LogP contribution in [0.3, 0.4) is 0 Å². The smallest absolute Gasteiger partial charge is 0.254 e. The van der Waals surface area contributed by atoms with Gasteiger partial charge in [0, 0.05) is 27.8 Å². The van der Waals surface area contributed by atoms with Gasteiger partial charge in [0.2, 0.25) is 0 Å². The van der Waals surface area contributed by atoms with Crippen LogP contribution >= 0.6 is 23.1 Å². The summed E-state index contributed by atoms with van der Waals surface area (Å²) in [5, 5.41) is 15.7. The number of nitriles is 1. The van der Waals surface area contributed by atoms with Crippen molar-refractivity contribution in [2.75, 3.05) is 11.1 Å². The molecule has 6 heteroatoms. The van der Waals surface area contributed by atoms with E-state index in [1.807, 2.05) is 54.8 Å². The van der Waals surface area contributed by atoms with Crippen molar-refractivity contribution in [3.8, 4) is 6.07 Å². The molecule has 27 heavy (non-hydrogen) atoms. The molecule has 0 radical (unpaired) electrons. The molecule has 1 N–H and O–H groups in total. The van der Waals surface area contributed by atoms with E-state index < -0.39 is 5.92 Å². The number of carbonyl (C=O) groups is 1. The Kier molecular flexibility index (Phi) is 6.49. The zero-order valence-corrected chi connectivity index (χ0v) is 16.9. The van der Waals surface area contributed by atoms with Crippen molar-refractivity contribution in [3.05, 3.63) is 64.0 Å². The number of carbonyl (C=O) groups excluding carboxylic acids is 1. The fourth-order valence-electron chi connectivity index (χ4n) is 3.09. The molecule has 2 heterocycles. The minimum absolute atomic E-state index is 0.194. The Morgan fingerprint density at radius 2 is 2.07 bits per heavy atom. The van der Waals surface area contributed by atoms with Gasteiger partial charge in [-0.1, -0.05) is 31.2 Å². The Labute approximate surface area is 168 Å². The molecule has 1 aromatic carbocycles. The molecule has 0 saturated heterocycles. The SMILES string of the molecule is CCCSC1=NC(C)=C(C(=O)Nc2ccccc2)[C@H](c2cccs2)C1C#N. The number of anilines is 1. The summed E-state index contributed by atoms with van der Waals surface area (Å²) in [6, 6.07) is 15.7. The van der Waals surface area contributed by atoms with Crippen molar-refractivity contribution in [1.29, 1.82) is 5.26 Å². The molecule has 1 aromatic heterocycles. The number of nitrogens with zero attached hydrogens (tertiary/aromatic N) is 2. The van der Waals surface area contributed by atoms with Gasteiger partial charge < -0.3 is 5.32 Å². The van der Waals surface area contributed by atoms with E-state index in [2.05, 4.69) is 23.3 Å². The van der Waals surface area contributed by atoms with Gasteiger partial charge in [0.1, 0.15) is 5.92 Å². The zero-order valence-electron chi connectivity index (χ0n) is 15.3. The maximum atomic E-state index is 13.1. The van der Waals surface area contributed by atoms with Crippen LogP contribution < -0.4 is 5.32 Å². The van der Waals surface area contributed by atoms with Gasteiger partial charge in [-0.05, 0) is 42.7 Å². The standard InChI is InChI=1S/C21H21N3OS2/c1-3-11-27-21-16(13-22)19(17-10-7-12-26-17)18(14(2)23-21)20(25)24-15-8-5-4-6-9-15/h4-10,12,16,19H,3,11H2,1-2H3,(H,24,25)/t16?,19-/m0/s1. The highest BCUT2D eigenvalue weighted by atomic mass is 32.2. The maximum Gasteiger partial charge on any atom is 0.254 e. The van der Waals surface area contributed by atoms with Crippen LogP contribution in [0.5, 0.6) is 0 Å². The molecule has 1 aliphatic rings. The lowest BCUT2D eigenvalue weighted by Crippen LogP contribution is -2.30. The van der Waals surface area contributed by atoms with Crippen LogP contribution in [0, 0.1) is 17.2 Å². The van der Waals surface area contributed by atoms with Gasteiger partial charge in [0.05, 0.1) is 11.1 Å². The van der Waals surface area contributed by atoms with Crippen LogP contribution in [-0.2, 0) is 4.79 Å². The van der Waals surface area contributed by atoms with E-state index in [4.69, 9.17) is 0 Å². The molecule has 2 atom stereocenters. The molecule has 0 saturated carbocycles. The monoisotopic (exact) mass is 395 g/mol. The minimum Gasteiger partial charge on any atom is -0.322 e. The van der Waals surface area contributed by atoms with Crippen LogP contribution in [0.2, 0.25) is 0 Å². The lowest BCUT2D eigenvalue weighted by atomic mass is 9.82. The molecule has 1 amide bonds. The van der Waals surface area contributed by atoms with Crippen LogP contribution in [0.1, 0.15) is 31.1 Å². The van der Waals surface area contributed by atoms with Crippen molar-refractivity contribution < 1.29 is 4.79 Å². The van der Waals surface area contributed by atoms with Crippen molar-refractivity contribution >= 4 is 39.7 Å². The second kappa shape index (κ2) is 9.03. The second-order valence-corrected chi connectivity index (χ2v) is 8.31. The predicted octanol–water partition coefficient (Wildman–Crippen LogP) is 5.44. The summed E-state index contributed by atoms with van der Waals surface area (Å²) in [5.41, 5.74) is 2.00. The fraction of sp³-hybridized carbons (Fsp3) is 0.286. The molecule has 2 aromatic rings. The van der Waals surface area contributed by atoms with Crippen molar-refractivity contribution in [2.45, 2.75) is 26.2 Å². The van der Waals surface area contributed by atoms with Crippen LogP contribution in [0.25, 0.3) is 0 Å². The molecule has 0 bridgehead atoms. The van der Waals surface area contributed by atoms with Gasteiger partial charge in [0.25, 0.3) is 5.91 Å². The van der Waals surface area contributed by atoms with Crippen molar-refractivity contribution in [2.24, 2.45) is 10.9 Å². The largest absolute Gasteiger partial charge is 0.322 e. The quantitative estimate of drug-likeness (QED) is 0.733. The first kappa shape index (κ1) is 19.4. The second-order valence-electron chi connectivity index (χ2n) is 6.22.